The summed E-state index contributed by atoms with van der Waals surface area (Å²) in [7, 11) is 0. The van der Waals surface area contributed by atoms with Gasteiger partial charge in [0.15, 0.2) is 0 Å². The van der Waals surface area contributed by atoms with Gasteiger partial charge in [0.2, 0.25) is 0 Å². The van der Waals surface area contributed by atoms with Gasteiger partial charge in [-0.15, -0.1) is 0 Å². The number of aryl methyl sites for hydroxylation is 1. The van der Waals surface area contributed by atoms with E-state index < -0.39 is 36.9 Å². The molecule has 20 heavy (non-hydrogen) atoms. The smallest absolute Gasteiger partial charge is 0.323 e. The Morgan fingerprint density at radius 1 is 1.20 bits per heavy atom. The third kappa shape index (κ3) is 4.56. The largest absolute Gasteiger partial charge is 0.480 e. The van der Waals surface area contributed by atoms with Crippen LogP contribution in [0.4, 0.5) is 14.9 Å². The van der Waals surface area contributed by atoms with Crippen molar-refractivity contribution < 1.29 is 29.0 Å². The lowest BCUT2D eigenvalue weighted by atomic mass is 10.2. The standard InChI is InChI=1S/C12H13FN2O5/c1-7-2-3-9(8(13)4-7)14-12(20)15(5-10(16)17)6-11(18)19/h2-4H,5-6H2,1H3,(H,14,20)(H,16,17)(H,18,19). The highest BCUT2D eigenvalue weighted by Gasteiger charge is 2.20. The minimum atomic E-state index is -1.37. The molecule has 0 unspecified atom stereocenters. The lowest BCUT2D eigenvalue weighted by molar-refractivity contribution is -0.140. The second kappa shape index (κ2) is 6.50. The minimum absolute atomic E-state index is 0.152. The molecular weight excluding hydrogens is 271 g/mol. The van der Waals surface area contributed by atoms with Crippen LogP contribution >= 0.6 is 0 Å². The van der Waals surface area contributed by atoms with Crippen LogP contribution in [-0.2, 0) is 9.59 Å². The Kier molecular flexibility index (Phi) is 5.01. The summed E-state index contributed by atoms with van der Waals surface area (Å²) in [5.41, 5.74) is 0.495. The van der Waals surface area contributed by atoms with E-state index in [1.54, 1.807) is 13.0 Å². The topological polar surface area (TPSA) is 107 Å². The van der Waals surface area contributed by atoms with Crippen molar-refractivity contribution >= 4 is 23.7 Å². The van der Waals surface area contributed by atoms with E-state index in [9.17, 15) is 18.8 Å². The number of rotatable bonds is 5. The van der Waals surface area contributed by atoms with Crippen LogP contribution < -0.4 is 5.32 Å². The quantitative estimate of drug-likeness (QED) is 0.751. The molecular formula is C12H13FN2O5. The zero-order chi connectivity index (χ0) is 15.3. The van der Waals surface area contributed by atoms with E-state index in [2.05, 4.69) is 5.32 Å². The summed E-state index contributed by atoms with van der Waals surface area (Å²) in [5, 5.41) is 19.4. The SMILES string of the molecule is Cc1ccc(NC(=O)N(CC(=O)O)CC(=O)O)c(F)c1. The Hall–Kier alpha value is -2.64. The molecule has 0 radical (unpaired) electrons. The van der Waals surface area contributed by atoms with E-state index in [0.717, 1.165) is 0 Å². The van der Waals surface area contributed by atoms with Crippen molar-refractivity contribution in [2.75, 3.05) is 18.4 Å². The van der Waals surface area contributed by atoms with Crippen LogP contribution in [0.3, 0.4) is 0 Å². The van der Waals surface area contributed by atoms with Crippen LogP contribution in [0.25, 0.3) is 0 Å². The van der Waals surface area contributed by atoms with Gasteiger partial charge in [0, 0.05) is 0 Å². The van der Waals surface area contributed by atoms with Crippen LogP contribution in [0, 0.1) is 12.7 Å². The van der Waals surface area contributed by atoms with E-state index >= 15 is 0 Å². The monoisotopic (exact) mass is 284 g/mol. The summed E-state index contributed by atoms with van der Waals surface area (Å²) in [6.45, 7) is 0.0626. The lowest BCUT2D eigenvalue weighted by Crippen LogP contribution is -2.42. The van der Waals surface area contributed by atoms with Crippen molar-refractivity contribution in [1.82, 2.24) is 4.90 Å². The molecule has 0 aliphatic carbocycles. The molecule has 0 atom stereocenters. The van der Waals surface area contributed by atoms with Gasteiger partial charge in [0.25, 0.3) is 0 Å². The Morgan fingerprint density at radius 2 is 1.75 bits per heavy atom. The zero-order valence-corrected chi connectivity index (χ0v) is 10.6. The average molecular weight is 284 g/mol. The number of hydrogen-bond donors (Lipinski definition) is 3. The third-order valence-corrected chi connectivity index (χ3v) is 2.31. The highest BCUT2D eigenvalue weighted by atomic mass is 19.1. The van der Waals surface area contributed by atoms with Crippen LogP contribution in [0.5, 0.6) is 0 Å². The van der Waals surface area contributed by atoms with Gasteiger partial charge in [0.05, 0.1) is 5.69 Å². The number of benzene rings is 1. The van der Waals surface area contributed by atoms with E-state index in [1.165, 1.54) is 12.1 Å². The first-order chi connectivity index (χ1) is 9.29. The number of aliphatic carboxylic acids is 2. The maximum atomic E-state index is 13.5. The fourth-order valence-electron chi connectivity index (χ4n) is 1.44. The number of carboxylic acid groups (broad SMARTS) is 2. The van der Waals surface area contributed by atoms with E-state index in [4.69, 9.17) is 10.2 Å². The lowest BCUT2D eigenvalue weighted by Gasteiger charge is -2.19. The summed E-state index contributed by atoms with van der Waals surface area (Å²) in [5.74, 6) is -3.43. The van der Waals surface area contributed by atoms with Crippen molar-refractivity contribution in [1.29, 1.82) is 0 Å². The Labute approximate surface area is 113 Å². The van der Waals surface area contributed by atoms with Crippen molar-refractivity contribution in [3.8, 4) is 0 Å². The molecule has 1 aromatic carbocycles. The Bertz CT molecular complexity index is 531. The molecule has 0 saturated carbocycles. The molecule has 0 aliphatic heterocycles. The van der Waals surface area contributed by atoms with E-state index in [1.807, 2.05) is 0 Å². The summed E-state index contributed by atoms with van der Waals surface area (Å²) in [6, 6.07) is 3.05. The van der Waals surface area contributed by atoms with Gasteiger partial charge in [0.1, 0.15) is 18.9 Å². The van der Waals surface area contributed by atoms with Gasteiger partial charge < -0.3 is 20.4 Å². The van der Waals surface area contributed by atoms with Crippen molar-refractivity contribution in [2.24, 2.45) is 0 Å². The maximum absolute atomic E-state index is 13.5. The fourth-order valence-corrected chi connectivity index (χ4v) is 1.44. The molecule has 0 spiro atoms. The number of hydrogen-bond acceptors (Lipinski definition) is 3. The van der Waals surface area contributed by atoms with Crippen LogP contribution in [0.15, 0.2) is 18.2 Å². The van der Waals surface area contributed by atoms with Crippen molar-refractivity contribution in [2.45, 2.75) is 6.92 Å². The predicted octanol–water partition coefficient (Wildman–Crippen LogP) is 1.14. The second-order valence-electron chi connectivity index (χ2n) is 4.06. The molecule has 0 bridgehead atoms. The number of carbonyl (C=O) groups is 3. The highest BCUT2D eigenvalue weighted by Crippen LogP contribution is 2.15. The van der Waals surface area contributed by atoms with Gasteiger partial charge in [-0.25, -0.2) is 9.18 Å². The van der Waals surface area contributed by atoms with E-state index in [-0.39, 0.29) is 5.69 Å². The molecule has 2 amide bonds. The first-order valence-corrected chi connectivity index (χ1v) is 5.55. The molecule has 8 heteroatoms. The molecule has 108 valence electrons. The summed E-state index contributed by atoms with van der Waals surface area (Å²) in [4.78, 5) is 33.4. The van der Waals surface area contributed by atoms with Gasteiger partial charge in [-0.3, -0.25) is 9.59 Å². The van der Waals surface area contributed by atoms with Crippen LogP contribution in [-0.4, -0.2) is 46.2 Å². The first-order valence-electron chi connectivity index (χ1n) is 5.55. The normalized spacial score (nSPS) is 9.90. The van der Waals surface area contributed by atoms with E-state index in [0.29, 0.717) is 10.5 Å². The van der Waals surface area contributed by atoms with Crippen LogP contribution in [0.1, 0.15) is 5.56 Å². The van der Waals surface area contributed by atoms with Gasteiger partial charge >= 0.3 is 18.0 Å². The maximum Gasteiger partial charge on any atom is 0.323 e. The summed E-state index contributed by atoms with van der Waals surface area (Å²) < 4.78 is 13.5. The Balaban J connectivity index is 2.84. The third-order valence-electron chi connectivity index (χ3n) is 2.31. The molecule has 0 aliphatic rings. The number of nitrogens with one attached hydrogen (secondary N) is 1. The van der Waals surface area contributed by atoms with Gasteiger partial charge in [-0.05, 0) is 24.6 Å². The molecule has 3 N–H and O–H groups in total. The number of nitrogens with zero attached hydrogens (tertiary/aromatic N) is 1. The zero-order valence-electron chi connectivity index (χ0n) is 10.6. The number of carboxylic acids is 2. The first kappa shape index (κ1) is 15.4. The number of anilines is 1. The molecule has 0 heterocycles. The predicted molar refractivity (Wildman–Crippen MR) is 67.0 cm³/mol. The molecule has 1 aromatic rings. The highest BCUT2D eigenvalue weighted by molar-refractivity contribution is 5.93. The Morgan fingerprint density at radius 3 is 2.20 bits per heavy atom. The van der Waals surface area contributed by atoms with Crippen molar-refractivity contribution in [3.63, 3.8) is 0 Å². The number of amides is 2. The fraction of sp³-hybridized carbons (Fsp3) is 0.250. The average Bonchev–Trinajstić information content (AvgIpc) is 2.30. The minimum Gasteiger partial charge on any atom is -0.480 e. The number of carbonyl (C=O) groups excluding carboxylic acids is 1. The van der Waals surface area contributed by atoms with Crippen LogP contribution in [0.2, 0.25) is 0 Å². The number of halogens is 1. The molecule has 0 fully saturated rings. The van der Waals surface area contributed by atoms with Crippen molar-refractivity contribution in [3.05, 3.63) is 29.6 Å². The molecule has 0 aromatic heterocycles. The summed E-state index contributed by atoms with van der Waals surface area (Å²) in [6.07, 6.45) is 0. The second-order valence-corrected chi connectivity index (χ2v) is 4.06. The molecule has 1 rings (SSSR count). The van der Waals surface area contributed by atoms with Gasteiger partial charge in [-0.2, -0.15) is 0 Å². The summed E-state index contributed by atoms with van der Waals surface area (Å²) >= 11 is 0. The van der Waals surface area contributed by atoms with Gasteiger partial charge in [-0.1, -0.05) is 6.07 Å². The number of urea groups is 1. The molecule has 7 nitrogen and oxygen atoms in total. The molecule has 0 saturated heterocycles.